The van der Waals surface area contributed by atoms with Gasteiger partial charge in [-0.1, -0.05) is 5.06 Å². The van der Waals surface area contributed by atoms with Crippen molar-refractivity contribution in [2.75, 3.05) is 0 Å². The highest BCUT2D eigenvalue weighted by molar-refractivity contribution is 6.11. The van der Waals surface area contributed by atoms with Crippen LogP contribution in [0.3, 0.4) is 0 Å². The van der Waals surface area contributed by atoms with Crippen LogP contribution in [0.5, 0.6) is 0 Å². The van der Waals surface area contributed by atoms with E-state index in [-0.39, 0.29) is 0 Å². The number of carbonyl (C=O) groups excluding carboxylic acids is 2. The number of hydrogen-bond acceptors (Lipinski definition) is 4. The summed E-state index contributed by atoms with van der Waals surface area (Å²) in [5.41, 5.74) is 0. The van der Waals surface area contributed by atoms with Crippen LogP contribution in [0.4, 0.5) is 0 Å². The van der Waals surface area contributed by atoms with Gasteiger partial charge >= 0.3 is 6.26 Å². The Hall–Kier alpha value is -1.83. The summed E-state index contributed by atoms with van der Waals surface area (Å²) in [7, 11) is 0. The van der Waals surface area contributed by atoms with Crippen molar-refractivity contribution >= 4 is 11.8 Å². The minimum Gasteiger partial charge on any atom is -0.288 e. The first-order valence-corrected chi connectivity index (χ1v) is 2.38. The van der Waals surface area contributed by atoms with Gasteiger partial charge in [-0.15, -0.1) is 5.26 Å². The summed E-state index contributed by atoms with van der Waals surface area (Å²) >= 11 is 0. The predicted molar refractivity (Wildman–Crippen MR) is 27.7 cm³/mol. The maximum Gasteiger partial charge on any atom is 0.315 e. The largest absolute Gasteiger partial charge is 0.315 e. The van der Waals surface area contributed by atoms with Crippen LogP contribution in [0.25, 0.3) is 0 Å². The second-order valence-electron chi connectivity index (χ2n) is 1.49. The van der Waals surface area contributed by atoms with Crippen LogP contribution < -0.4 is 0 Å². The second kappa shape index (κ2) is 2.19. The molecule has 0 N–H and O–H groups in total. The number of carbonyl (C=O) groups is 2. The Balaban J connectivity index is 2.72. The van der Waals surface area contributed by atoms with Crippen molar-refractivity contribution in [1.29, 1.82) is 5.26 Å². The minimum absolute atomic E-state index is 0.375. The summed E-state index contributed by atoms with van der Waals surface area (Å²) in [4.78, 5) is 25.0. The van der Waals surface area contributed by atoms with Gasteiger partial charge in [-0.25, -0.2) is 0 Å². The molecule has 0 fully saturated rings. The number of hydroxylamine groups is 2. The second-order valence-corrected chi connectivity index (χ2v) is 1.49. The molecule has 0 aliphatic carbocycles. The van der Waals surface area contributed by atoms with Crippen LogP contribution in [0.2, 0.25) is 0 Å². The van der Waals surface area contributed by atoms with Crippen molar-refractivity contribution in [3.63, 3.8) is 0 Å². The first-order valence-electron chi connectivity index (χ1n) is 2.38. The van der Waals surface area contributed by atoms with Crippen molar-refractivity contribution in [3.05, 3.63) is 12.2 Å². The van der Waals surface area contributed by atoms with Crippen LogP contribution in [0.1, 0.15) is 0 Å². The first-order chi connectivity index (χ1) is 4.75. The molecule has 0 bridgehead atoms. The van der Waals surface area contributed by atoms with E-state index in [1.807, 2.05) is 0 Å². The van der Waals surface area contributed by atoms with Gasteiger partial charge in [0.15, 0.2) is 0 Å². The molecule has 1 heterocycles. The average molecular weight is 138 g/mol. The molecule has 0 aromatic carbocycles. The molecule has 0 unspecified atom stereocenters. The van der Waals surface area contributed by atoms with Crippen LogP contribution in [0.15, 0.2) is 12.2 Å². The fourth-order valence-electron chi connectivity index (χ4n) is 0.517. The maximum atomic E-state index is 10.5. The van der Waals surface area contributed by atoms with E-state index < -0.39 is 11.8 Å². The van der Waals surface area contributed by atoms with Gasteiger partial charge < -0.3 is 0 Å². The standard InChI is InChI=1S/C5H2N2O3/c6-3-10-7-4(8)1-2-5(7)9/h1-2H. The smallest absolute Gasteiger partial charge is 0.288 e. The SMILES string of the molecule is N#CON1C(=O)C=CC1=O. The van der Waals surface area contributed by atoms with Gasteiger partial charge in [0.25, 0.3) is 11.8 Å². The summed E-state index contributed by atoms with van der Waals surface area (Å²) in [6.07, 6.45) is 3.27. The normalized spacial score (nSPS) is 15.7. The minimum atomic E-state index is -0.633. The average Bonchev–Trinajstić information content (AvgIpc) is 2.20. The van der Waals surface area contributed by atoms with Crippen LogP contribution >= 0.6 is 0 Å². The Morgan fingerprint density at radius 1 is 1.40 bits per heavy atom. The van der Waals surface area contributed by atoms with Gasteiger partial charge in [-0.05, 0) is 0 Å². The number of imide groups is 1. The highest BCUT2D eigenvalue weighted by atomic mass is 16.7. The van der Waals surface area contributed by atoms with Crippen molar-refractivity contribution in [2.24, 2.45) is 0 Å². The molecule has 1 aliphatic heterocycles. The number of amides is 2. The molecule has 1 rings (SSSR count). The molecular weight excluding hydrogens is 136 g/mol. The fraction of sp³-hybridized carbons (Fsp3) is 0. The quantitative estimate of drug-likeness (QED) is 0.355. The predicted octanol–water partition coefficient (Wildman–Crippen LogP) is -0.676. The molecular formula is C5H2N2O3. The van der Waals surface area contributed by atoms with E-state index in [1.54, 1.807) is 0 Å². The zero-order valence-electron chi connectivity index (χ0n) is 4.77. The number of nitrogens with zero attached hydrogens (tertiary/aromatic N) is 2. The molecule has 0 saturated carbocycles. The van der Waals surface area contributed by atoms with Gasteiger partial charge in [0.05, 0.1) is 0 Å². The summed E-state index contributed by atoms with van der Waals surface area (Å²) in [5, 5.41) is 8.29. The summed E-state index contributed by atoms with van der Waals surface area (Å²) in [5.74, 6) is -1.27. The van der Waals surface area contributed by atoms with E-state index in [2.05, 4.69) is 4.84 Å². The van der Waals surface area contributed by atoms with Crippen molar-refractivity contribution < 1.29 is 14.4 Å². The molecule has 0 aromatic heterocycles. The Bertz CT molecular complexity index is 232. The molecule has 5 nitrogen and oxygen atoms in total. The summed E-state index contributed by atoms with van der Waals surface area (Å²) < 4.78 is 0. The van der Waals surface area contributed by atoms with Gasteiger partial charge in [0.2, 0.25) is 0 Å². The molecule has 0 radical (unpaired) electrons. The van der Waals surface area contributed by atoms with Crippen molar-refractivity contribution in [2.45, 2.75) is 0 Å². The number of rotatable bonds is 1. The Labute approximate surface area is 56.0 Å². The lowest BCUT2D eigenvalue weighted by Crippen LogP contribution is -2.28. The lowest BCUT2D eigenvalue weighted by Gasteiger charge is -2.04. The monoisotopic (exact) mass is 138 g/mol. The molecule has 1 aliphatic rings. The third kappa shape index (κ3) is 0.821. The first kappa shape index (κ1) is 6.29. The molecule has 2 amide bonds. The molecule has 0 atom stereocenters. The van der Waals surface area contributed by atoms with Crippen LogP contribution in [0, 0.1) is 11.5 Å². The van der Waals surface area contributed by atoms with Crippen LogP contribution in [-0.4, -0.2) is 16.9 Å². The molecule has 0 aromatic rings. The maximum absolute atomic E-state index is 10.5. The lowest BCUT2D eigenvalue weighted by molar-refractivity contribution is -0.168. The summed E-state index contributed by atoms with van der Waals surface area (Å²) in [6.45, 7) is 0. The zero-order chi connectivity index (χ0) is 7.56. The van der Waals surface area contributed by atoms with Crippen LogP contribution in [-0.2, 0) is 14.4 Å². The van der Waals surface area contributed by atoms with E-state index >= 15 is 0 Å². The highest BCUT2D eigenvalue weighted by Crippen LogP contribution is 2.02. The molecule has 0 saturated heterocycles. The fourth-order valence-corrected chi connectivity index (χ4v) is 0.517. The van der Waals surface area contributed by atoms with E-state index in [9.17, 15) is 9.59 Å². The molecule has 5 heteroatoms. The molecule has 0 spiro atoms. The van der Waals surface area contributed by atoms with E-state index in [0.29, 0.717) is 5.06 Å². The van der Waals surface area contributed by atoms with E-state index in [0.717, 1.165) is 12.2 Å². The van der Waals surface area contributed by atoms with E-state index in [1.165, 1.54) is 6.26 Å². The Morgan fingerprint density at radius 2 is 1.90 bits per heavy atom. The number of nitriles is 1. The third-order valence-electron chi connectivity index (χ3n) is 0.901. The molecule has 10 heavy (non-hydrogen) atoms. The highest BCUT2D eigenvalue weighted by Gasteiger charge is 2.25. The zero-order valence-corrected chi connectivity index (χ0v) is 4.77. The Kier molecular flexibility index (Phi) is 1.38. The molecule has 50 valence electrons. The van der Waals surface area contributed by atoms with Gasteiger partial charge in [0.1, 0.15) is 0 Å². The van der Waals surface area contributed by atoms with Gasteiger partial charge in [-0.2, -0.15) is 0 Å². The lowest BCUT2D eigenvalue weighted by atomic mass is 10.6. The van der Waals surface area contributed by atoms with Crippen molar-refractivity contribution in [3.8, 4) is 6.26 Å². The number of hydrogen-bond donors (Lipinski definition) is 0. The van der Waals surface area contributed by atoms with Crippen molar-refractivity contribution in [1.82, 2.24) is 5.06 Å². The topological polar surface area (TPSA) is 70.4 Å². The van der Waals surface area contributed by atoms with Gasteiger partial charge in [0, 0.05) is 12.2 Å². The third-order valence-corrected chi connectivity index (χ3v) is 0.901. The summed E-state index contributed by atoms with van der Waals surface area (Å²) in [6, 6.07) is 0. The van der Waals surface area contributed by atoms with E-state index in [4.69, 9.17) is 5.26 Å². The Morgan fingerprint density at radius 3 is 2.30 bits per heavy atom. The van der Waals surface area contributed by atoms with Gasteiger partial charge in [-0.3, -0.25) is 14.4 Å².